The van der Waals surface area contributed by atoms with Gasteiger partial charge in [-0.2, -0.15) is 0 Å². The Bertz CT molecular complexity index is 672. The van der Waals surface area contributed by atoms with Crippen LogP contribution in [0.15, 0.2) is 54.6 Å². The second-order valence-corrected chi connectivity index (χ2v) is 6.09. The van der Waals surface area contributed by atoms with Gasteiger partial charge in [0.1, 0.15) is 5.75 Å². The molecule has 2 aromatic rings. The van der Waals surface area contributed by atoms with Gasteiger partial charge < -0.3 is 19.8 Å². The van der Waals surface area contributed by atoms with Crippen molar-refractivity contribution in [1.29, 1.82) is 0 Å². The topological polar surface area (TPSA) is 70.0 Å². The van der Waals surface area contributed by atoms with Gasteiger partial charge in [-0.05, 0) is 30.2 Å². The van der Waals surface area contributed by atoms with Crippen LogP contribution in [-0.2, 0) is 4.79 Å². The van der Waals surface area contributed by atoms with Gasteiger partial charge >= 0.3 is 0 Å². The number of likely N-dealkylation sites (N-methyl/N-ethyl adjacent to an activating group) is 1. The summed E-state index contributed by atoms with van der Waals surface area (Å²) in [6.45, 7) is 1.79. The molecule has 0 aromatic heterocycles. The fraction of sp³-hybridized carbons (Fsp3) is 0.350. The van der Waals surface area contributed by atoms with E-state index in [1.54, 1.807) is 45.3 Å². The number of amides is 1. The zero-order chi connectivity index (χ0) is 18.4. The van der Waals surface area contributed by atoms with Crippen molar-refractivity contribution in [2.45, 2.75) is 31.6 Å². The Kier molecular flexibility index (Phi) is 6.56. The lowest BCUT2D eigenvalue weighted by atomic mass is 10.0. The average Bonchev–Trinajstić information content (AvgIpc) is 2.66. The Morgan fingerprint density at radius 1 is 1.04 bits per heavy atom. The van der Waals surface area contributed by atoms with Crippen LogP contribution in [0.5, 0.6) is 5.75 Å². The largest absolute Gasteiger partial charge is 0.497 e. The molecule has 134 valence electrons. The highest BCUT2D eigenvalue weighted by molar-refractivity contribution is 5.77. The van der Waals surface area contributed by atoms with Gasteiger partial charge in [-0.3, -0.25) is 4.79 Å². The number of carbonyl (C=O) groups excluding carboxylic acids is 1. The highest BCUT2D eigenvalue weighted by Crippen LogP contribution is 2.24. The van der Waals surface area contributed by atoms with Crippen molar-refractivity contribution in [3.63, 3.8) is 0 Å². The van der Waals surface area contributed by atoms with Crippen LogP contribution in [0.2, 0.25) is 0 Å². The Balaban J connectivity index is 1.98. The highest BCUT2D eigenvalue weighted by Gasteiger charge is 2.25. The number of carbonyl (C=O) groups is 1. The van der Waals surface area contributed by atoms with Crippen molar-refractivity contribution in [2.24, 2.45) is 0 Å². The molecule has 0 heterocycles. The maximum atomic E-state index is 12.5. The van der Waals surface area contributed by atoms with Crippen LogP contribution in [-0.4, -0.2) is 41.2 Å². The highest BCUT2D eigenvalue weighted by atomic mass is 16.5. The molecule has 0 radical (unpaired) electrons. The number of hydrogen-bond acceptors (Lipinski definition) is 4. The first kappa shape index (κ1) is 19.0. The molecule has 0 saturated carbocycles. The van der Waals surface area contributed by atoms with E-state index < -0.39 is 18.2 Å². The van der Waals surface area contributed by atoms with Crippen LogP contribution in [0.1, 0.15) is 36.7 Å². The minimum Gasteiger partial charge on any atom is -0.497 e. The number of methoxy groups -OCH3 is 1. The number of aliphatic hydroxyl groups is 2. The lowest BCUT2D eigenvalue weighted by Crippen LogP contribution is -2.39. The summed E-state index contributed by atoms with van der Waals surface area (Å²) < 4.78 is 5.08. The van der Waals surface area contributed by atoms with E-state index >= 15 is 0 Å². The monoisotopic (exact) mass is 343 g/mol. The quantitative estimate of drug-likeness (QED) is 0.811. The van der Waals surface area contributed by atoms with E-state index in [0.717, 1.165) is 5.56 Å². The molecule has 2 aromatic carbocycles. The smallest absolute Gasteiger partial charge is 0.225 e. The van der Waals surface area contributed by atoms with Crippen molar-refractivity contribution in [1.82, 2.24) is 4.90 Å². The lowest BCUT2D eigenvalue weighted by Gasteiger charge is -2.30. The predicted molar refractivity (Wildman–Crippen MR) is 96.2 cm³/mol. The molecule has 5 heteroatoms. The summed E-state index contributed by atoms with van der Waals surface area (Å²) in [7, 11) is 3.21. The van der Waals surface area contributed by atoms with Crippen LogP contribution in [0.3, 0.4) is 0 Å². The van der Waals surface area contributed by atoms with Crippen molar-refractivity contribution in [3.8, 4) is 5.75 Å². The number of nitrogens with zero attached hydrogens (tertiary/aromatic N) is 1. The number of benzene rings is 2. The van der Waals surface area contributed by atoms with E-state index in [0.29, 0.717) is 11.3 Å². The van der Waals surface area contributed by atoms with Crippen LogP contribution in [0.25, 0.3) is 0 Å². The van der Waals surface area contributed by atoms with E-state index in [1.165, 1.54) is 4.90 Å². The van der Waals surface area contributed by atoms with Crippen LogP contribution < -0.4 is 4.74 Å². The Labute approximate surface area is 148 Å². The molecule has 0 bridgehead atoms. The third-order valence-corrected chi connectivity index (χ3v) is 4.47. The Morgan fingerprint density at radius 2 is 1.64 bits per heavy atom. The van der Waals surface area contributed by atoms with Crippen molar-refractivity contribution in [2.75, 3.05) is 14.2 Å². The van der Waals surface area contributed by atoms with E-state index in [1.807, 2.05) is 30.3 Å². The van der Waals surface area contributed by atoms with Crippen molar-refractivity contribution in [3.05, 3.63) is 65.7 Å². The molecule has 5 nitrogen and oxygen atoms in total. The van der Waals surface area contributed by atoms with Gasteiger partial charge in [-0.1, -0.05) is 42.5 Å². The van der Waals surface area contributed by atoms with Gasteiger partial charge in [0.2, 0.25) is 5.91 Å². The van der Waals surface area contributed by atoms with Crippen LogP contribution in [0, 0.1) is 0 Å². The first-order valence-corrected chi connectivity index (χ1v) is 8.24. The van der Waals surface area contributed by atoms with E-state index in [-0.39, 0.29) is 12.3 Å². The maximum Gasteiger partial charge on any atom is 0.225 e. The molecule has 1 amide bonds. The Hall–Kier alpha value is -2.37. The van der Waals surface area contributed by atoms with Gasteiger partial charge in [-0.15, -0.1) is 0 Å². The minimum atomic E-state index is -0.901. The third-order valence-electron chi connectivity index (χ3n) is 4.47. The zero-order valence-electron chi connectivity index (χ0n) is 14.8. The minimum absolute atomic E-state index is 0.0469. The molecule has 2 rings (SSSR count). The third kappa shape index (κ3) is 4.81. The summed E-state index contributed by atoms with van der Waals surface area (Å²) in [5.41, 5.74) is 1.41. The standard InChI is InChI=1S/C20H25NO4/c1-14(20(24)16-7-5-4-6-8-16)21(2)19(23)13-18(22)15-9-11-17(25-3)12-10-15/h4-12,14,18,20,22,24H,13H2,1-3H3/t14-,18+,20+/m0/s1. The second kappa shape index (κ2) is 8.65. The molecule has 0 fully saturated rings. The number of hydrogen-bond donors (Lipinski definition) is 2. The second-order valence-electron chi connectivity index (χ2n) is 6.09. The molecule has 3 atom stereocenters. The Morgan fingerprint density at radius 3 is 2.20 bits per heavy atom. The first-order valence-electron chi connectivity index (χ1n) is 8.24. The van der Waals surface area contributed by atoms with E-state index in [9.17, 15) is 15.0 Å². The molecule has 25 heavy (non-hydrogen) atoms. The van der Waals surface area contributed by atoms with Gasteiger partial charge in [0, 0.05) is 7.05 Å². The zero-order valence-corrected chi connectivity index (χ0v) is 14.8. The summed E-state index contributed by atoms with van der Waals surface area (Å²) in [5.74, 6) is 0.463. The summed E-state index contributed by atoms with van der Waals surface area (Å²) >= 11 is 0. The van der Waals surface area contributed by atoms with Gasteiger partial charge in [0.25, 0.3) is 0 Å². The summed E-state index contributed by atoms with van der Waals surface area (Å²) in [6.07, 6.45) is -1.73. The van der Waals surface area contributed by atoms with Crippen LogP contribution >= 0.6 is 0 Å². The van der Waals surface area contributed by atoms with Gasteiger partial charge in [0.05, 0.1) is 31.8 Å². The van der Waals surface area contributed by atoms with Gasteiger partial charge in [0.15, 0.2) is 0 Å². The van der Waals surface area contributed by atoms with Gasteiger partial charge in [-0.25, -0.2) is 0 Å². The molecule has 0 unspecified atom stereocenters. The predicted octanol–water partition coefficient (Wildman–Crippen LogP) is 2.70. The molecule has 0 aliphatic rings. The number of ether oxygens (including phenoxy) is 1. The summed E-state index contributed by atoms with van der Waals surface area (Å²) in [6, 6.07) is 15.8. The summed E-state index contributed by atoms with van der Waals surface area (Å²) in [5, 5.41) is 20.7. The number of rotatable bonds is 7. The molecule has 2 N–H and O–H groups in total. The molecule has 0 spiro atoms. The van der Waals surface area contributed by atoms with E-state index in [4.69, 9.17) is 4.74 Å². The van der Waals surface area contributed by atoms with Crippen LogP contribution in [0.4, 0.5) is 0 Å². The molecule has 0 saturated heterocycles. The van der Waals surface area contributed by atoms with E-state index in [2.05, 4.69) is 0 Å². The van der Waals surface area contributed by atoms with Crippen molar-refractivity contribution < 1.29 is 19.7 Å². The lowest BCUT2D eigenvalue weighted by molar-refractivity contribution is -0.136. The fourth-order valence-electron chi connectivity index (χ4n) is 2.62. The molecular formula is C20H25NO4. The fourth-order valence-corrected chi connectivity index (χ4v) is 2.62. The maximum absolute atomic E-state index is 12.5. The SMILES string of the molecule is COc1ccc([C@H](O)CC(=O)N(C)[C@@H](C)[C@@H](O)c2ccccc2)cc1. The molecule has 0 aliphatic heterocycles. The number of aliphatic hydroxyl groups excluding tert-OH is 2. The summed E-state index contributed by atoms with van der Waals surface area (Å²) in [4.78, 5) is 13.9. The van der Waals surface area contributed by atoms with Crippen molar-refractivity contribution >= 4 is 5.91 Å². The molecule has 0 aliphatic carbocycles. The first-order chi connectivity index (χ1) is 11.9. The average molecular weight is 343 g/mol. The normalized spacial score (nSPS) is 14.4. The molecular weight excluding hydrogens is 318 g/mol.